The Balaban J connectivity index is 2.44. The summed E-state index contributed by atoms with van der Waals surface area (Å²) in [7, 11) is 0. The third-order valence-electron chi connectivity index (χ3n) is 2.82. The van der Waals surface area contributed by atoms with Gasteiger partial charge in [0.2, 0.25) is 0 Å². The van der Waals surface area contributed by atoms with Crippen molar-refractivity contribution < 1.29 is 26.3 Å². The van der Waals surface area contributed by atoms with Gasteiger partial charge in [0.15, 0.2) is 11.6 Å². The van der Waals surface area contributed by atoms with Gasteiger partial charge in [-0.2, -0.15) is 13.2 Å². The average molecular weight is 369 g/mol. The molecule has 0 saturated carbocycles. The maximum absolute atomic E-state index is 13.2. The van der Waals surface area contributed by atoms with Gasteiger partial charge in [-0.05, 0) is 35.4 Å². The monoisotopic (exact) mass is 368 g/mol. The number of halogens is 7. The fourth-order valence-electron chi connectivity index (χ4n) is 1.78. The van der Waals surface area contributed by atoms with Gasteiger partial charge < -0.3 is 0 Å². The van der Waals surface area contributed by atoms with Crippen LogP contribution in [0.25, 0.3) is 0 Å². The van der Waals surface area contributed by atoms with E-state index in [1.807, 2.05) is 0 Å². The predicted octanol–water partition coefficient (Wildman–Crippen LogP) is 5.61. The number of hydrogen-bond acceptors (Lipinski definition) is 0. The molecule has 0 nitrogen and oxygen atoms in total. The molecule has 112 valence electrons. The Morgan fingerprint density at radius 3 is 1.81 bits per heavy atom. The van der Waals surface area contributed by atoms with Gasteiger partial charge in [-0.25, -0.2) is 13.2 Å². The zero-order valence-corrected chi connectivity index (χ0v) is 11.8. The van der Waals surface area contributed by atoms with Gasteiger partial charge in [0, 0.05) is 0 Å². The summed E-state index contributed by atoms with van der Waals surface area (Å²) in [4.78, 5) is -0.825. The second-order valence-electron chi connectivity index (χ2n) is 4.27. The summed E-state index contributed by atoms with van der Waals surface area (Å²) >= 11 is 3.10. The molecule has 2 aromatic rings. The average Bonchev–Trinajstić information content (AvgIpc) is 2.40. The molecule has 2 rings (SSSR count). The molecule has 2 aromatic carbocycles. The molecule has 0 aliphatic rings. The molecular weight excluding hydrogens is 362 g/mol. The first-order valence-corrected chi connectivity index (χ1v) is 6.57. The molecular formula is C14H7BrF6. The van der Waals surface area contributed by atoms with Crippen LogP contribution in [0, 0.1) is 17.5 Å². The molecule has 0 heterocycles. The largest absolute Gasteiger partial charge is 0.419 e. The minimum absolute atomic E-state index is 0.0785. The van der Waals surface area contributed by atoms with E-state index < -0.39 is 34.0 Å². The van der Waals surface area contributed by atoms with Crippen molar-refractivity contribution in [1.29, 1.82) is 0 Å². The standard InChI is InChI=1S/C14H7BrF6/c15-13(8-2-4-11(17)12(18)6-8)7-1-3-10(16)9(5-7)14(19,20)21/h1-6,13H. The van der Waals surface area contributed by atoms with E-state index in [-0.39, 0.29) is 11.1 Å². The van der Waals surface area contributed by atoms with E-state index in [1.165, 1.54) is 6.07 Å². The molecule has 0 bridgehead atoms. The van der Waals surface area contributed by atoms with Crippen molar-refractivity contribution in [3.63, 3.8) is 0 Å². The van der Waals surface area contributed by atoms with Crippen molar-refractivity contribution >= 4 is 15.9 Å². The molecule has 0 fully saturated rings. The van der Waals surface area contributed by atoms with Gasteiger partial charge in [-0.15, -0.1) is 0 Å². The summed E-state index contributed by atoms with van der Waals surface area (Å²) in [6, 6.07) is 5.43. The van der Waals surface area contributed by atoms with E-state index in [0.29, 0.717) is 12.1 Å². The van der Waals surface area contributed by atoms with Crippen LogP contribution in [0.15, 0.2) is 36.4 Å². The lowest BCUT2D eigenvalue weighted by Gasteiger charge is -2.14. The quantitative estimate of drug-likeness (QED) is 0.477. The van der Waals surface area contributed by atoms with Gasteiger partial charge >= 0.3 is 6.18 Å². The van der Waals surface area contributed by atoms with Crippen LogP contribution in [0.4, 0.5) is 26.3 Å². The Bertz CT molecular complexity index is 665. The molecule has 0 aliphatic carbocycles. The van der Waals surface area contributed by atoms with Crippen LogP contribution in [-0.4, -0.2) is 0 Å². The highest BCUT2D eigenvalue weighted by Gasteiger charge is 2.34. The molecule has 0 radical (unpaired) electrons. The molecule has 0 N–H and O–H groups in total. The molecule has 1 atom stereocenters. The Morgan fingerprint density at radius 1 is 0.762 bits per heavy atom. The molecule has 0 saturated heterocycles. The number of rotatable bonds is 2. The Hall–Kier alpha value is -1.50. The Labute approximate surface area is 124 Å². The Morgan fingerprint density at radius 2 is 1.29 bits per heavy atom. The van der Waals surface area contributed by atoms with E-state index in [4.69, 9.17) is 0 Å². The van der Waals surface area contributed by atoms with Crippen molar-refractivity contribution in [1.82, 2.24) is 0 Å². The fraction of sp³-hybridized carbons (Fsp3) is 0.143. The first-order valence-electron chi connectivity index (χ1n) is 5.66. The van der Waals surface area contributed by atoms with Crippen LogP contribution >= 0.6 is 15.9 Å². The van der Waals surface area contributed by atoms with Crippen LogP contribution in [0.1, 0.15) is 21.5 Å². The zero-order valence-electron chi connectivity index (χ0n) is 10.2. The number of hydrogen-bond donors (Lipinski definition) is 0. The van der Waals surface area contributed by atoms with Crippen LogP contribution < -0.4 is 0 Å². The summed E-state index contributed by atoms with van der Waals surface area (Å²) in [6.07, 6.45) is -4.83. The van der Waals surface area contributed by atoms with Crippen molar-refractivity contribution in [3.05, 3.63) is 70.5 Å². The highest BCUT2D eigenvalue weighted by atomic mass is 79.9. The van der Waals surface area contributed by atoms with Gasteiger partial charge in [-0.3, -0.25) is 0 Å². The van der Waals surface area contributed by atoms with E-state index >= 15 is 0 Å². The molecule has 21 heavy (non-hydrogen) atoms. The van der Waals surface area contributed by atoms with Crippen LogP contribution in [0.3, 0.4) is 0 Å². The minimum Gasteiger partial charge on any atom is -0.206 e. The predicted molar refractivity (Wildman–Crippen MR) is 68.5 cm³/mol. The molecule has 0 spiro atoms. The maximum atomic E-state index is 13.2. The summed E-state index contributed by atoms with van der Waals surface area (Å²) in [5.41, 5.74) is -1.12. The zero-order chi connectivity index (χ0) is 15.8. The lowest BCUT2D eigenvalue weighted by molar-refractivity contribution is -0.140. The molecule has 7 heteroatoms. The van der Waals surface area contributed by atoms with Crippen LogP contribution in [0.5, 0.6) is 0 Å². The summed E-state index contributed by atoms with van der Waals surface area (Å²) in [5, 5.41) is 0. The normalized spacial score (nSPS) is 13.3. The number of benzene rings is 2. The van der Waals surface area contributed by atoms with E-state index in [1.54, 1.807) is 0 Å². The second-order valence-corrected chi connectivity index (χ2v) is 5.19. The molecule has 0 amide bonds. The second kappa shape index (κ2) is 5.71. The van der Waals surface area contributed by atoms with E-state index in [9.17, 15) is 26.3 Å². The summed E-state index contributed by atoms with van der Waals surface area (Å²) in [5.74, 6) is -3.57. The van der Waals surface area contributed by atoms with Crippen molar-refractivity contribution in [2.75, 3.05) is 0 Å². The molecule has 0 aliphatic heterocycles. The first-order chi connectivity index (χ1) is 9.70. The lowest BCUT2D eigenvalue weighted by Crippen LogP contribution is -2.09. The van der Waals surface area contributed by atoms with E-state index in [2.05, 4.69) is 15.9 Å². The van der Waals surface area contributed by atoms with E-state index in [0.717, 1.165) is 18.2 Å². The lowest BCUT2D eigenvalue weighted by atomic mass is 10.0. The highest BCUT2D eigenvalue weighted by Crippen LogP contribution is 2.37. The Kier molecular flexibility index (Phi) is 4.32. The third-order valence-corrected chi connectivity index (χ3v) is 3.88. The van der Waals surface area contributed by atoms with Crippen molar-refractivity contribution in [3.8, 4) is 0 Å². The highest BCUT2D eigenvalue weighted by molar-refractivity contribution is 9.09. The van der Waals surface area contributed by atoms with Gasteiger partial charge in [-0.1, -0.05) is 28.1 Å². The van der Waals surface area contributed by atoms with Crippen LogP contribution in [-0.2, 0) is 6.18 Å². The maximum Gasteiger partial charge on any atom is 0.419 e. The van der Waals surface area contributed by atoms with Gasteiger partial charge in [0.1, 0.15) is 5.82 Å². The fourth-order valence-corrected chi connectivity index (χ4v) is 2.35. The first kappa shape index (κ1) is 15.9. The van der Waals surface area contributed by atoms with Gasteiger partial charge in [0.05, 0.1) is 10.4 Å². The number of alkyl halides is 4. The topological polar surface area (TPSA) is 0 Å². The molecule has 1 unspecified atom stereocenters. The minimum atomic E-state index is -4.83. The van der Waals surface area contributed by atoms with Crippen LogP contribution in [0.2, 0.25) is 0 Å². The summed E-state index contributed by atoms with van der Waals surface area (Å²) in [6.45, 7) is 0. The summed E-state index contributed by atoms with van der Waals surface area (Å²) < 4.78 is 77.1. The van der Waals surface area contributed by atoms with Crippen molar-refractivity contribution in [2.45, 2.75) is 11.0 Å². The smallest absolute Gasteiger partial charge is 0.206 e. The SMILES string of the molecule is Fc1ccc(C(Br)c2ccc(F)c(C(F)(F)F)c2)cc1F. The van der Waals surface area contributed by atoms with Crippen molar-refractivity contribution in [2.24, 2.45) is 0 Å². The third kappa shape index (κ3) is 3.40. The van der Waals surface area contributed by atoms with Gasteiger partial charge in [0.25, 0.3) is 0 Å². The molecule has 0 aromatic heterocycles.